The lowest BCUT2D eigenvalue weighted by molar-refractivity contribution is -0.309. The maximum Gasteiger partial charge on any atom is 0.278 e. The molecule has 0 aliphatic heterocycles. The van der Waals surface area contributed by atoms with E-state index in [1.165, 1.54) is 11.8 Å². The molecular weight excluding hydrogens is 368 g/mol. The molecule has 1 aromatic heterocycles. The Kier molecular flexibility index (Phi) is 7.35. The predicted molar refractivity (Wildman–Crippen MR) is 102 cm³/mol. The van der Waals surface area contributed by atoms with Crippen molar-refractivity contribution in [2.45, 2.75) is 38.8 Å². The van der Waals surface area contributed by atoms with E-state index in [1.807, 2.05) is 13.2 Å². The largest absolute Gasteiger partial charge is 0.548 e. The molecular formula is C18H23N4O4S-. The molecule has 2 rings (SSSR count). The molecule has 27 heavy (non-hydrogen) atoms. The average Bonchev–Trinajstić information content (AvgIpc) is 2.67. The van der Waals surface area contributed by atoms with E-state index in [9.17, 15) is 19.5 Å². The lowest BCUT2D eigenvalue weighted by atomic mass is 9.99. The predicted octanol–water partition coefficient (Wildman–Crippen LogP) is 0.367. The Balaban J connectivity index is 2.40. The van der Waals surface area contributed by atoms with Crippen LogP contribution in [0.3, 0.4) is 0 Å². The van der Waals surface area contributed by atoms with Gasteiger partial charge in [-0.2, -0.15) is 16.4 Å². The summed E-state index contributed by atoms with van der Waals surface area (Å²) in [6, 6.07) is 4.66. The molecule has 0 bridgehead atoms. The fourth-order valence-electron chi connectivity index (χ4n) is 2.72. The van der Waals surface area contributed by atoms with Gasteiger partial charge in [-0.1, -0.05) is 37.6 Å². The number of rotatable bonds is 9. The zero-order chi connectivity index (χ0) is 20.0. The summed E-state index contributed by atoms with van der Waals surface area (Å²) in [5.74, 6) is -1.64. The van der Waals surface area contributed by atoms with E-state index in [2.05, 4.69) is 15.6 Å². The summed E-state index contributed by atoms with van der Waals surface area (Å²) < 4.78 is 1.04. The van der Waals surface area contributed by atoms with Gasteiger partial charge in [-0.25, -0.2) is 0 Å². The Morgan fingerprint density at radius 3 is 2.67 bits per heavy atom. The van der Waals surface area contributed by atoms with E-state index < -0.39 is 29.5 Å². The van der Waals surface area contributed by atoms with Gasteiger partial charge in [0.25, 0.3) is 5.56 Å². The van der Waals surface area contributed by atoms with Crippen molar-refractivity contribution in [1.82, 2.24) is 20.3 Å². The number of nitrogens with one attached hydrogen (secondary N) is 1. The molecule has 0 fully saturated rings. The first-order valence-electron chi connectivity index (χ1n) is 8.75. The van der Waals surface area contributed by atoms with Gasteiger partial charge in [-0.15, -0.1) is 5.10 Å². The van der Waals surface area contributed by atoms with Crippen molar-refractivity contribution in [3.8, 4) is 0 Å². The molecule has 0 aliphatic rings. The smallest absolute Gasteiger partial charge is 0.278 e. The Morgan fingerprint density at radius 1 is 1.33 bits per heavy atom. The lowest BCUT2D eigenvalue weighted by Crippen LogP contribution is -2.53. The fourth-order valence-corrected chi connectivity index (χ4v) is 3.18. The van der Waals surface area contributed by atoms with Crippen LogP contribution in [0.15, 0.2) is 29.1 Å². The molecule has 3 atom stereocenters. The second kappa shape index (κ2) is 9.50. The van der Waals surface area contributed by atoms with Crippen molar-refractivity contribution < 1.29 is 14.7 Å². The van der Waals surface area contributed by atoms with Crippen LogP contribution in [-0.4, -0.2) is 44.9 Å². The molecule has 1 aromatic carbocycles. The standard InChI is InChI=1S/C18H24N4O4S/c1-4-11(2)15(18(25)26)19-16(23)14(9-10-27-3)22-17(24)12-7-5-6-8-13(12)20-21-22/h5-8,11,14-15H,4,9-10H2,1-3H3,(H,19,23)(H,25,26)/p-1/t11-,14+,15+/m1/s1. The third-order valence-corrected chi connectivity index (χ3v) is 5.19. The van der Waals surface area contributed by atoms with Crippen LogP contribution in [0.1, 0.15) is 32.7 Å². The number of benzene rings is 1. The van der Waals surface area contributed by atoms with Gasteiger partial charge in [0.2, 0.25) is 5.91 Å². The van der Waals surface area contributed by atoms with Gasteiger partial charge in [0.1, 0.15) is 11.6 Å². The topological polar surface area (TPSA) is 117 Å². The van der Waals surface area contributed by atoms with Crippen molar-refractivity contribution in [3.63, 3.8) is 0 Å². The molecule has 2 aromatic rings. The molecule has 1 heterocycles. The molecule has 1 amide bonds. The zero-order valence-corrected chi connectivity index (χ0v) is 16.4. The normalized spacial score (nSPS) is 14.5. The monoisotopic (exact) mass is 391 g/mol. The third kappa shape index (κ3) is 4.85. The van der Waals surface area contributed by atoms with Crippen molar-refractivity contribution in [2.24, 2.45) is 5.92 Å². The number of carboxylic acids is 1. The minimum absolute atomic E-state index is 0.306. The Labute approximate surface area is 161 Å². The van der Waals surface area contributed by atoms with Gasteiger partial charge < -0.3 is 15.2 Å². The van der Waals surface area contributed by atoms with E-state index in [0.29, 0.717) is 29.5 Å². The second-order valence-electron chi connectivity index (χ2n) is 6.34. The van der Waals surface area contributed by atoms with Crippen LogP contribution in [0.2, 0.25) is 0 Å². The summed E-state index contributed by atoms with van der Waals surface area (Å²) in [5, 5.41) is 22.2. The van der Waals surface area contributed by atoms with Gasteiger partial charge in [0, 0.05) is 0 Å². The molecule has 0 saturated heterocycles. The lowest BCUT2D eigenvalue weighted by Gasteiger charge is -2.27. The number of fused-ring (bicyclic) bond motifs is 1. The van der Waals surface area contributed by atoms with E-state index >= 15 is 0 Å². The van der Waals surface area contributed by atoms with E-state index in [-0.39, 0.29) is 5.92 Å². The van der Waals surface area contributed by atoms with Crippen LogP contribution >= 0.6 is 11.8 Å². The van der Waals surface area contributed by atoms with Crippen molar-refractivity contribution in [3.05, 3.63) is 34.6 Å². The Bertz CT molecular complexity index is 870. The van der Waals surface area contributed by atoms with Gasteiger partial charge in [0.15, 0.2) is 0 Å². The van der Waals surface area contributed by atoms with E-state index in [0.717, 1.165) is 4.68 Å². The number of aromatic nitrogens is 3. The van der Waals surface area contributed by atoms with Crippen LogP contribution in [-0.2, 0) is 9.59 Å². The SMILES string of the molecule is CC[C@@H](C)[C@H](NC(=O)[C@H](CCSC)n1nnc2ccccc2c1=O)C(=O)[O-]. The first-order chi connectivity index (χ1) is 12.9. The number of carbonyl (C=O) groups excluding carboxylic acids is 2. The molecule has 0 saturated carbocycles. The summed E-state index contributed by atoms with van der Waals surface area (Å²) in [6.07, 6.45) is 2.76. The summed E-state index contributed by atoms with van der Waals surface area (Å²) >= 11 is 1.52. The fraction of sp³-hybridized carbons (Fsp3) is 0.500. The van der Waals surface area contributed by atoms with Crippen molar-refractivity contribution in [1.29, 1.82) is 0 Å². The highest BCUT2D eigenvalue weighted by molar-refractivity contribution is 7.98. The van der Waals surface area contributed by atoms with Crippen LogP contribution in [0.5, 0.6) is 0 Å². The summed E-state index contributed by atoms with van der Waals surface area (Å²) in [4.78, 5) is 37.1. The number of hydrogen-bond donors (Lipinski definition) is 1. The molecule has 1 N–H and O–H groups in total. The summed E-state index contributed by atoms with van der Waals surface area (Å²) in [6.45, 7) is 3.55. The summed E-state index contributed by atoms with van der Waals surface area (Å²) in [7, 11) is 0. The van der Waals surface area contributed by atoms with Gasteiger partial charge in [0.05, 0.1) is 17.4 Å². The molecule has 9 heteroatoms. The third-order valence-electron chi connectivity index (χ3n) is 4.55. The Hall–Kier alpha value is -2.42. The van der Waals surface area contributed by atoms with Crippen molar-refractivity contribution >= 4 is 34.5 Å². The summed E-state index contributed by atoms with van der Waals surface area (Å²) in [5.41, 5.74) is 0.00499. The Morgan fingerprint density at radius 2 is 2.04 bits per heavy atom. The maximum absolute atomic E-state index is 12.8. The number of carboxylic acid groups (broad SMARTS) is 1. The highest BCUT2D eigenvalue weighted by Crippen LogP contribution is 2.15. The van der Waals surface area contributed by atoms with Crippen LogP contribution in [0.25, 0.3) is 10.9 Å². The first kappa shape index (κ1) is 20.9. The average molecular weight is 391 g/mol. The van der Waals surface area contributed by atoms with Crippen LogP contribution in [0, 0.1) is 5.92 Å². The number of nitrogens with zero attached hydrogens (tertiary/aromatic N) is 3. The van der Waals surface area contributed by atoms with Crippen LogP contribution < -0.4 is 16.0 Å². The van der Waals surface area contributed by atoms with Gasteiger partial charge in [-0.05, 0) is 36.5 Å². The van der Waals surface area contributed by atoms with Gasteiger partial charge in [-0.3, -0.25) is 9.59 Å². The van der Waals surface area contributed by atoms with Crippen LogP contribution in [0.4, 0.5) is 0 Å². The quantitative estimate of drug-likeness (QED) is 0.656. The molecule has 0 radical (unpaired) electrons. The number of carbonyl (C=O) groups is 2. The highest BCUT2D eigenvalue weighted by Gasteiger charge is 2.28. The number of thioether (sulfide) groups is 1. The van der Waals surface area contributed by atoms with E-state index in [1.54, 1.807) is 31.2 Å². The number of amides is 1. The second-order valence-corrected chi connectivity index (χ2v) is 7.33. The number of hydrogen-bond acceptors (Lipinski definition) is 7. The first-order valence-corrected chi connectivity index (χ1v) is 10.1. The minimum Gasteiger partial charge on any atom is -0.548 e. The van der Waals surface area contributed by atoms with Gasteiger partial charge >= 0.3 is 0 Å². The number of aliphatic carboxylic acids is 1. The minimum atomic E-state index is -1.35. The molecule has 0 spiro atoms. The highest BCUT2D eigenvalue weighted by atomic mass is 32.2. The zero-order valence-electron chi connectivity index (χ0n) is 15.5. The molecule has 0 aliphatic carbocycles. The maximum atomic E-state index is 12.8. The molecule has 0 unspecified atom stereocenters. The van der Waals surface area contributed by atoms with Crippen molar-refractivity contribution in [2.75, 3.05) is 12.0 Å². The van der Waals surface area contributed by atoms with E-state index in [4.69, 9.17) is 0 Å². The molecule has 146 valence electrons. The molecule has 8 nitrogen and oxygen atoms in total.